The van der Waals surface area contributed by atoms with Crippen molar-refractivity contribution in [2.24, 2.45) is 0 Å². The Morgan fingerprint density at radius 2 is 1.40 bits per heavy atom. The van der Waals surface area contributed by atoms with E-state index in [-0.39, 0.29) is 10.7 Å². The number of hydrogen-bond donors (Lipinski definition) is 0. The fourth-order valence-electron chi connectivity index (χ4n) is 5.39. The fraction of sp³-hybridized carbons (Fsp3) is 0.206. The zero-order valence-corrected chi connectivity index (χ0v) is 24.6. The summed E-state index contributed by atoms with van der Waals surface area (Å²) in [5.41, 5.74) is 9.84. The summed E-state index contributed by atoms with van der Waals surface area (Å²) in [6.07, 6.45) is 2.62. The van der Waals surface area contributed by atoms with Gasteiger partial charge in [-0.05, 0) is 117 Å². The third-order valence-corrected chi connectivity index (χ3v) is 8.07. The van der Waals surface area contributed by atoms with Crippen molar-refractivity contribution in [2.45, 2.75) is 48.0 Å². The summed E-state index contributed by atoms with van der Waals surface area (Å²) in [6.45, 7) is 12.4. The smallest absolute Gasteiger partial charge is 0.270 e. The van der Waals surface area contributed by atoms with E-state index in [1.165, 1.54) is 20.9 Å². The Balaban J connectivity index is 1.69. The summed E-state index contributed by atoms with van der Waals surface area (Å²) >= 11 is 5.80. The molecule has 0 radical (unpaired) electrons. The van der Waals surface area contributed by atoms with Crippen LogP contribution < -0.4 is 9.80 Å². The van der Waals surface area contributed by atoms with Crippen LogP contribution in [-0.2, 0) is 16.0 Å². The van der Waals surface area contributed by atoms with Crippen LogP contribution in [0.4, 0.5) is 11.4 Å². The summed E-state index contributed by atoms with van der Waals surface area (Å²) in [5.74, 6) is -0.864. The van der Waals surface area contributed by atoms with E-state index in [2.05, 4.69) is 43.5 Å². The van der Waals surface area contributed by atoms with Gasteiger partial charge in [-0.1, -0.05) is 49.4 Å². The maximum atomic E-state index is 14.1. The van der Waals surface area contributed by atoms with E-state index in [1.54, 1.807) is 6.08 Å². The summed E-state index contributed by atoms with van der Waals surface area (Å²) in [7, 11) is 0. The van der Waals surface area contributed by atoms with Crippen molar-refractivity contribution in [2.75, 3.05) is 9.80 Å². The Labute approximate surface area is 241 Å². The number of carbonyl (C=O) groups is 2. The van der Waals surface area contributed by atoms with Crippen molar-refractivity contribution in [1.29, 1.82) is 0 Å². The number of benzene rings is 3. The van der Waals surface area contributed by atoms with E-state index in [1.807, 2.05) is 75.4 Å². The van der Waals surface area contributed by atoms with Gasteiger partial charge in [0.2, 0.25) is 0 Å². The lowest BCUT2D eigenvalue weighted by Crippen LogP contribution is -2.57. The first-order chi connectivity index (χ1) is 19.1. The summed E-state index contributed by atoms with van der Waals surface area (Å²) in [4.78, 5) is 31.0. The van der Waals surface area contributed by atoms with Crippen LogP contribution in [0.3, 0.4) is 0 Å². The third-order valence-electron chi connectivity index (χ3n) is 7.71. The predicted molar refractivity (Wildman–Crippen MR) is 167 cm³/mol. The quantitative estimate of drug-likeness (QED) is 0.149. The van der Waals surface area contributed by atoms with Crippen LogP contribution in [0.1, 0.15) is 46.1 Å². The van der Waals surface area contributed by atoms with Gasteiger partial charge in [-0.15, -0.1) is 0 Å². The average Bonchev–Trinajstić information content (AvgIpc) is 3.21. The normalized spacial score (nSPS) is 14.9. The first-order valence-electron chi connectivity index (χ1n) is 13.5. The van der Waals surface area contributed by atoms with E-state index >= 15 is 0 Å². The number of hydrogen-bond acceptors (Lipinski definition) is 3. The number of rotatable bonds is 5. The number of amides is 2. The summed E-state index contributed by atoms with van der Waals surface area (Å²) in [6, 6.07) is 23.4. The van der Waals surface area contributed by atoms with Crippen LogP contribution in [0.15, 0.2) is 78.4 Å². The van der Waals surface area contributed by atoms with Gasteiger partial charge in [0.15, 0.2) is 5.11 Å². The second-order valence-electron chi connectivity index (χ2n) is 10.3. The molecule has 6 heteroatoms. The minimum atomic E-state index is -0.434. The van der Waals surface area contributed by atoms with Crippen LogP contribution in [0.5, 0.6) is 0 Å². The van der Waals surface area contributed by atoms with Crippen molar-refractivity contribution in [1.82, 2.24) is 4.57 Å². The molecule has 5 rings (SSSR count). The molecule has 0 atom stereocenters. The van der Waals surface area contributed by atoms with E-state index in [0.29, 0.717) is 11.4 Å². The number of aromatic nitrogens is 1. The van der Waals surface area contributed by atoms with Crippen molar-refractivity contribution in [3.05, 3.63) is 118 Å². The third kappa shape index (κ3) is 4.58. The van der Waals surface area contributed by atoms with Gasteiger partial charge < -0.3 is 4.57 Å². The van der Waals surface area contributed by atoms with Gasteiger partial charge in [-0.25, -0.2) is 0 Å². The van der Waals surface area contributed by atoms with Gasteiger partial charge >= 0.3 is 0 Å². The summed E-state index contributed by atoms with van der Waals surface area (Å²) < 4.78 is 2.22. The Morgan fingerprint density at radius 1 is 0.725 bits per heavy atom. The molecule has 2 amide bonds. The van der Waals surface area contributed by atoms with Crippen molar-refractivity contribution in [3.8, 4) is 5.69 Å². The number of anilines is 2. The van der Waals surface area contributed by atoms with Crippen LogP contribution in [0.2, 0.25) is 0 Å². The highest BCUT2D eigenvalue weighted by atomic mass is 32.1. The van der Waals surface area contributed by atoms with Gasteiger partial charge in [-0.3, -0.25) is 19.4 Å². The zero-order valence-electron chi connectivity index (χ0n) is 23.8. The predicted octanol–water partition coefficient (Wildman–Crippen LogP) is 7.33. The lowest BCUT2D eigenvalue weighted by molar-refractivity contribution is -0.120. The van der Waals surface area contributed by atoms with E-state index in [9.17, 15) is 9.59 Å². The van der Waals surface area contributed by atoms with Gasteiger partial charge in [0.25, 0.3) is 11.8 Å². The molecule has 0 spiro atoms. The van der Waals surface area contributed by atoms with Crippen LogP contribution in [-0.4, -0.2) is 21.5 Å². The minimum Gasteiger partial charge on any atom is -0.317 e. The molecular formula is C34H33N3O2S. The molecule has 0 bridgehead atoms. The second-order valence-corrected chi connectivity index (χ2v) is 10.7. The lowest BCUT2D eigenvalue weighted by atomic mass is 10.0. The monoisotopic (exact) mass is 547 g/mol. The molecule has 0 N–H and O–H groups in total. The highest BCUT2D eigenvalue weighted by Gasteiger charge is 2.41. The minimum absolute atomic E-state index is 0.0661. The largest absolute Gasteiger partial charge is 0.317 e. The SMILES string of the molecule is CCc1cccc(C)c1-n1c(C)cc(/C=C2/C(=O)N(c3ccccc3)C(=S)N(c3ccc(C)c(C)c3)C2=O)c1C. The van der Waals surface area contributed by atoms with Gasteiger partial charge in [0.1, 0.15) is 5.57 Å². The van der Waals surface area contributed by atoms with Crippen molar-refractivity contribution in [3.63, 3.8) is 0 Å². The van der Waals surface area contributed by atoms with E-state index in [0.717, 1.165) is 40.2 Å². The Morgan fingerprint density at radius 3 is 2.05 bits per heavy atom. The number of carbonyl (C=O) groups excluding carboxylic acids is 2. The first-order valence-corrected chi connectivity index (χ1v) is 13.9. The molecule has 3 aromatic carbocycles. The molecule has 1 saturated heterocycles. The first kappa shape index (κ1) is 27.3. The summed E-state index contributed by atoms with van der Waals surface area (Å²) in [5, 5.41) is 0.138. The van der Waals surface area contributed by atoms with Gasteiger partial charge in [0, 0.05) is 11.4 Å². The zero-order chi connectivity index (χ0) is 28.7. The average molecular weight is 548 g/mol. The van der Waals surface area contributed by atoms with Crippen molar-refractivity contribution < 1.29 is 9.59 Å². The molecular weight excluding hydrogens is 514 g/mol. The number of thiocarbonyl (C=S) groups is 1. The van der Waals surface area contributed by atoms with Gasteiger partial charge in [-0.2, -0.15) is 0 Å². The van der Waals surface area contributed by atoms with Crippen LogP contribution in [0, 0.1) is 34.6 Å². The highest BCUT2D eigenvalue weighted by Crippen LogP contribution is 2.33. The Bertz CT molecular complexity index is 1700. The second kappa shape index (κ2) is 10.7. The van der Waals surface area contributed by atoms with Crippen molar-refractivity contribution >= 4 is 46.6 Å². The molecule has 1 aliphatic heterocycles. The maximum Gasteiger partial charge on any atom is 0.270 e. The number of para-hydroxylation sites is 2. The van der Waals surface area contributed by atoms with E-state index < -0.39 is 11.8 Å². The Kier molecular flexibility index (Phi) is 7.30. The van der Waals surface area contributed by atoms with E-state index in [4.69, 9.17) is 12.2 Å². The number of nitrogens with zero attached hydrogens (tertiary/aromatic N) is 3. The molecule has 1 aromatic heterocycles. The van der Waals surface area contributed by atoms with Gasteiger partial charge in [0.05, 0.1) is 17.1 Å². The molecule has 202 valence electrons. The molecule has 0 saturated carbocycles. The molecule has 4 aromatic rings. The molecule has 1 fully saturated rings. The topological polar surface area (TPSA) is 45.6 Å². The van der Waals surface area contributed by atoms with Crippen LogP contribution >= 0.6 is 12.2 Å². The molecule has 5 nitrogen and oxygen atoms in total. The Hall–Kier alpha value is -4.29. The maximum absolute atomic E-state index is 14.1. The molecule has 0 aliphatic carbocycles. The van der Waals surface area contributed by atoms with Crippen LogP contribution in [0.25, 0.3) is 11.8 Å². The molecule has 1 aliphatic rings. The number of aryl methyl sites for hydroxylation is 5. The highest BCUT2D eigenvalue weighted by molar-refractivity contribution is 7.81. The fourth-order valence-corrected chi connectivity index (χ4v) is 5.76. The molecule has 40 heavy (non-hydrogen) atoms. The molecule has 2 heterocycles. The standard InChI is InChI=1S/C34H33N3O2S/c1-7-26-13-11-12-22(3)31(26)35-24(5)19-27(25(35)6)20-30-32(38)36(28-14-9-8-10-15-28)34(40)37(33(30)39)29-17-16-21(2)23(4)18-29/h8-20H,7H2,1-6H3/b30-20-. The molecule has 0 unspecified atom stereocenters. The lowest BCUT2D eigenvalue weighted by Gasteiger charge is -2.36.